The molecular weight excluding hydrogens is 310 g/mol. The molecule has 4 rings (SSSR count). The molecule has 2 aliphatic heterocycles. The third-order valence-electron chi connectivity index (χ3n) is 4.00. The van der Waals surface area contributed by atoms with E-state index in [0.29, 0.717) is 23.8 Å². The zero-order chi connectivity index (χ0) is 16.5. The van der Waals surface area contributed by atoms with Gasteiger partial charge >= 0.3 is 0 Å². The largest absolute Gasteiger partial charge is 0.482 e. The summed E-state index contributed by atoms with van der Waals surface area (Å²) in [7, 11) is 0. The second-order valence-corrected chi connectivity index (χ2v) is 5.71. The van der Waals surface area contributed by atoms with E-state index >= 15 is 0 Å². The quantitative estimate of drug-likeness (QED) is 0.937. The van der Waals surface area contributed by atoms with Gasteiger partial charge in [-0.15, -0.1) is 0 Å². The lowest BCUT2D eigenvalue weighted by atomic mass is 10.1. The average molecular weight is 327 g/mol. The van der Waals surface area contributed by atoms with Crippen molar-refractivity contribution < 1.29 is 23.7 Å². The summed E-state index contributed by atoms with van der Waals surface area (Å²) in [6.45, 7) is 2.43. The predicted molar refractivity (Wildman–Crippen MR) is 85.4 cm³/mol. The molecular formula is C18H17NO5. The van der Waals surface area contributed by atoms with Crippen LogP contribution in [-0.4, -0.2) is 24.9 Å². The molecule has 2 atom stereocenters. The molecule has 0 saturated carbocycles. The van der Waals surface area contributed by atoms with Crippen LogP contribution in [0.25, 0.3) is 0 Å². The third-order valence-corrected chi connectivity index (χ3v) is 4.00. The minimum atomic E-state index is -0.686. The lowest BCUT2D eigenvalue weighted by molar-refractivity contribution is -0.133. The summed E-state index contributed by atoms with van der Waals surface area (Å²) in [4.78, 5) is 12.5. The molecule has 0 radical (unpaired) electrons. The fourth-order valence-corrected chi connectivity index (χ4v) is 2.75. The van der Waals surface area contributed by atoms with Gasteiger partial charge in [-0.2, -0.15) is 0 Å². The molecule has 0 spiro atoms. The summed E-state index contributed by atoms with van der Waals surface area (Å²) in [5, 5.41) is 2.88. The van der Waals surface area contributed by atoms with Gasteiger partial charge in [0.1, 0.15) is 6.10 Å². The Bertz CT molecular complexity index is 776. The first kappa shape index (κ1) is 14.7. The van der Waals surface area contributed by atoms with Gasteiger partial charge in [0.2, 0.25) is 12.9 Å². The molecule has 0 fully saturated rings. The van der Waals surface area contributed by atoms with Crippen molar-refractivity contribution >= 4 is 5.91 Å². The number of carbonyl (C=O) groups excluding carboxylic acids is 1. The maximum absolute atomic E-state index is 12.5. The van der Waals surface area contributed by atoms with Crippen LogP contribution in [0.15, 0.2) is 42.5 Å². The summed E-state index contributed by atoms with van der Waals surface area (Å²) < 4.78 is 22.2. The molecule has 2 aromatic rings. The Kier molecular flexibility index (Phi) is 3.65. The number of hydrogen-bond donors (Lipinski definition) is 1. The molecule has 24 heavy (non-hydrogen) atoms. The molecule has 0 aromatic heterocycles. The van der Waals surface area contributed by atoms with Crippen LogP contribution in [-0.2, 0) is 11.3 Å². The van der Waals surface area contributed by atoms with E-state index in [2.05, 4.69) is 5.32 Å². The molecule has 6 nitrogen and oxygen atoms in total. The molecule has 0 bridgehead atoms. The number of amides is 1. The second kappa shape index (κ2) is 5.96. The highest BCUT2D eigenvalue weighted by Gasteiger charge is 2.33. The Hall–Kier alpha value is -2.89. The summed E-state index contributed by atoms with van der Waals surface area (Å²) in [5.74, 6) is 2.44. The monoisotopic (exact) mass is 327 g/mol. The SMILES string of the molecule is C[C@@H]1Oc2ccccc2O[C@H]1C(=O)NCc1ccc2c(c1)OCO2. The van der Waals surface area contributed by atoms with Crippen molar-refractivity contribution in [3.8, 4) is 23.0 Å². The van der Waals surface area contributed by atoms with Crippen molar-refractivity contribution in [2.24, 2.45) is 0 Å². The zero-order valence-corrected chi connectivity index (χ0v) is 13.2. The fourth-order valence-electron chi connectivity index (χ4n) is 2.75. The minimum Gasteiger partial charge on any atom is -0.482 e. The number of hydrogen-bond acceptors (Lipinski definition) is 5. The molecule has 2 aromatic carbocycles. The van der Waals surface area contributed by atoms with Gasteiger partial charge in [-0.3, -0.25) is 4.79 Å². The van der Waals surface area contributed by atoms with E-state index in [0.717, 1.165) is 11.3 Å². The van der Waals surface area contributed by atoms with Crippen LogP contribution in [0.5, 0.6) is 23.0 Å². The smallest absolute Gasteiger partial charge is 0.265 e. The van der Waals surface area contributed by atoms with Gasteiger partial charge in [0, 0.05) is 6.54 Å². The maximum atomic E-state index is 12.5. The van der Waals surface area contributed by atoms with Crippen molar-refractivity contribution in [3.63, 3.8) is 0 Å². The second-order valence-electron chi connectivity index (χ2n) is 5.71. The molecule has 0 aliphatic carbocycles. The van der Waals surface area contributed by atoms with E-state index in [1.54, 1.807) is 6.07 Å². The predicted octanol–water partition coefficient (Wildman–Crippen LogP) is 2.26. The topological polar surface area (TPSA) is 66.0 Å². The van der Waals surface area contributed by atoms with Crippen LogP contribution in [0.2, 0.25) is 0 Å². The summed E-state index contributed by atoms with van der Waals surface area (Å²) in [6, 6.07) is 12.9. The van der Waals surface area contributed by atoms with E-state index < -0.39 is 6.10 Å². The number of fused-ring (bicyclic) bond motifs is 2. The molecule has 2 aliphatic rings. The number of ether oxygens (including phenoxy) is 4. The highest BCUT2D eigenvalue weighted by molar-refractivity contribution is 5.82. The van der Waals surface area contributed by atoms with Gasteiger partial charge in [0.25, 0.3) is 5.91 Å². The Morgan fingerprint density at radius 1 is 1.04 bits per heavy atom. The number of rotatable bonds is 3. The van der Waals surface area contributed by atoms with E-state index in [1.165, 1.54) is 0 Å². The first-order valence-electron chi connectivity index (χ1n) is 7.79. The third kappa shape index (κ3) is 2.71. The van der Waals surface area contributed by atoms with Gasteiger partial charge in [-0.1, -0.05) is 18.2 Å². The molecule has 6 heteroatoms. The van der Waals surface area contributed by atoms with Crippen LogP contribution >= 0.6 is 0 Å². The summed E-state index contributed by atoms with van der Waals surface area (Å²) in [6.07, 6.45) is -1.05. The molecule has 0 unspecified atom stereocenters. The van der Waals surface area contributed by atoms with Gasteiger partial charge < -0.3 is 24.3 Å². The van der Waals surface area contributed by atoms with Crippen LogP contribution in [0, 0.1) is 0 Å². The number of carbonyl (C=O) groups is 1. The van der Waals surface area contributed by atoms with Gasteiger partial charge in [-0.25, -0.2) is 0 Å². The lowest BCUT2D eigenvalue weighted by Crippen LogP contribution is -2.48. The molecule has 0 saturated heterocycles. The molecule has 2 heterocycles. The normalized spacial score (nSPS) is 20.5. The first-order valence-corrected chi connectivity index (χ1v) is 7.79. The van der Waals surface area contributed by atoms with E-state index in [4.69, 9.17) is 18.9 Å². The fraction of sp³-hybridized carbons (Fsp3) is 0.278. The molecule has 1 N–H and O–H groups in total. The number of nitrogens with one attached hydrogen (secondary N) is 1. The van der Waals surface area contributed by atoms with Crippen molar-refractivity contribution in [2.45, 2.75) is 25.7 Å². The standard InChI is InChI=1S/C18H17NO5/c1-11-17(24-15-5-3-2-4-14(15)23-11)18(20)19-9-12-6-7-13-16(8-12)22-10-21-13/h2-8,11,17H,9-10H2,1H3,(H,19,20)/t11-,17+/m0/s1. The molecule has 124 valence electrons. The van der Waals surface area contributed by atoms with Crippen molar-refractivity contribution in [1.29, 1.82) is 0 Å². The first-order chi connectivity index (χ1) is 11.7. The van der Waals surface area contributed by atoms with Crippen molar-refractivity contribution in [2.75, 3.05) is 6.79 Å². The Morgan fingerprint density at radius 2 is 1.79 bits per heavy atom. The highest BCUT2D eigenvalue weighted by Crippen LogP contribution is 2.34. The maximum Gasteiger partial charge on any atom is 0.265 e. The van der Waals surface area contributed by atoms with Crippen LogP contribution in [0.1, 0.15) is 12.5 Å². The average Bonchev–Trinajstić information content (AvgIpc) is 3.06. The van der Waals surface area contributed by atoms with E-state index in [-0.39, 0.29) is 18.8 Å². The Labute approximate surface area is 139 Å². The van der Waals surface area contributed by atoms with Gasteiger partial charge in [0.15, 0.2) is 23.0 Å². The van der Waals surface area contributed by atoms with Crippen LogP contribution < -0.4 is 24.3 Å². The summed E-state index contributed by atoms with van der Waals surface area (Å²) >= 11 is 0. The zero-order valence-electron chi connectivity index (χ0n) is 13.2. The van der Waals surface area contributed by atoms with Crippen molar-refractivity contribution in [3.05, 3.63) is 48.0 Å². The van der Waals surface area contributed by atoms with Gasteiger partial charge in [0.05, 0.1) is 0 Å². The van der Waals surface area contributed by atoms with E-state index in [1.807, 2.05) is 43.3 Å². The lowest BCUT2D eigenvalue weighted by Gasteiger charge is -2.31. The highest BCUT2D eigenvalue weighted by atomic mass is 16.7. The van der Waals surface area contributed by atoms with Crippen LogP contribution in [0.3, 0.4) is 0 Å². The van der Waals surface area contributed by atoms with E-state index in [9.17, 15) is 4.79 Å². The van der Waals surface area contributed by atoms with Gasteiger partial charge in [-0.05, 0) is 36.8 Å². The number of para-hydroxylation sites is 2. The Morgan fingerprint density at radius 3 is 2.62 bits per heavy atom. The molecule has 1 amide bonds. The number of benzene rings is 2. The van der Waals surface area contributed by atoms with Crippen molar-refractivity contribution in [1.82, 2.24) is 5.32 Å². The summed E-state index contributed by atoms with van der Waals surface area (Å²) in [5.41, 5.74) is 0.928. The minimum absolute atomic E-state index is 0.213. The van der Waals surface area contributed by atoms with Crippen LogP contribution in [0.4, 0.5) is 0 Å². The Balaban J connectivity index is 1.41.